The van der Waals surface area contributed by atoms with Crippen LogP contribution in [0.1, 0.15) is 12.8 Å². The minimum atomic E-state index is -1.40. The Kier molecular flexibility index (Phi) is 5.71. The normalized spacial score (nSPS) is 11.8. The molecule has 3 aromatic heterocycles. The molecule has 190 valence electrons. The summed E-state index contributed by atoms with van der Waals surface area (Å²) in [6.45, 7) is -1.07. The van der Waals surface area contributed by atoms with Crippen molar-refractivity contribution in [2.45, 2.75) is 13.1 Å². The van der Waals surface area contributed by atoms with Gasteiger partial charge in [0, 0.05) is 37.3 Å². The molecule has 37 heavy (non-hydrogen) atoms. The molecule has 0 saturated carbocycles. The van der Waals surface area contributed by atoms with E-state index in [4.69, 9.17) is 13.0 Å². The smallest absolute Gasteiger partial charge is 0.324 e. The first kappa shape index (κ1) is 23.0. The summed E-state index contributed by atoms with van der Waals surface area (Å²) in [6.07, 6.45) is 1.51. The van der Waals surface area contributed by atoms with E-state index >= 15 is 0 Å². The quantitative estimate of drug-likeness (QED) is 0.334. The number of benzene rings is 2. The second-order valence-electron chi connectivity index (χ2n) is 8.10. The molecule has 0 atom stereocenters. The van der Waals surface area contributed by atoms with Crippen molar-refractivity contribution in [2.75, 3.05) is 5.32 Å². The Morgan fingerprint density at radius 3 is 2.46 bits per heavy atom. The van der Waals surface area contributed by atoms with Crippen LogP contribution in [0.3, 0.4) is 0 Å². The number of aromatic nitrogens is 8. The van der Waals surface area contributed by atoms with E-state index in [9.17, 15) is 22.8 Å². The van der Waals surface area contributed by atoms with Crippen molar-refractivity contribution < 1.29 is 14.5 Å². The van der Waals surface area contributed by atoms with E-state index in [0.717, 1.165) is 9.25 Å². The number of hydrogen-bond donors (Lipinski definition) is 1. The Hall–Kier alpha value is -4.46. The molecule has 0 spiro atoms. The Bertz CT molecular complexity index is 1830. The van der Waals surface area contributed by atoms with Gasteiger partial charge in [-0.25, -0.2) is 32.3 Å². The number of aryl methyl sites for hydroxylation is 2. The van der Waals surface area contributed by atoms with Crippen molar-refractivity contribution in [2.24, 2.45) is 14.1 Å². The molecule has 11 nitrogen and oxygen atoms in total. The second kappa shape index (κ2) is 9.20. The van der Waals surface area contributed by atoms with E-state index in [1.165, 1.54) is 7.05 Å². The lowest BCUT2D eigenvalue weighted by molar-refractivity contribution is 0.485. The van der Waals surface area contributed by atoms with Crippen LogP contribution in [0, 0.1) is 17.5 Å². The van der Waals surface area contributed by atoms with Crippen molar-refractivity contribution in [3.05, 3.63) is 91.6 Å². The third-order valence-electron chi connectivity index (χ3n) is 5.41. The highest BCUT2D eigenvalue weighted by Crippen LogP contribution is 2.29. The molecule has 5 rings (SSSR count). The predicted octanol–water partition coefficient (Wildman–Crippen LogP) is 2.33. The van der Waals surface area contributed by atoms with Crippen LogP contribution in [0.15, 0.2) is 46.4 Å². The van der Waals surface area contributed by atoms with Crippen LogP contribution in [0.4, 0.5) is 24.8 Å². The van der Waals surface area contributed by atoms with Crippen LogP contribution in [0.2, 0.25) is 5.02 Å². The Labute approximate surface area is 211 Å². The third-order valence-corrected chi connectivity index (χ3v) is 5.72. The van der Waals surface area contributed by atoms with E-state index in [2.05, 4.69) is 25.5 Å². The molecule has 2 aromatic carbocycles. The minimum Gasteiger partial charge on any atom is -0.324 e. The summed E-state index contributed by atoms with van der Waals surface area (Å²) >= 11 is 6.38. The fourth-order valence-corrected chi connectivity index (χ4v) is 3.91. The van der Waals surface area contributed by atoms with Gasteiger partial charge in [0.05, 0.1) is 29.3 Å². The van der Waals surface area contributed by atoms with E-state index in [1.54, 1.807) is 30.1 Å². The van der Waals surface area contributed by atoms with E-state index in [1.807, 2.05) is 0 Å². The van der Waals surface area contributed by atoms with Crippen molar-refractivity contribution in [1.82, 2.24) is 38.7 Å². The second-order valence-corrected chi connectivity index (χ2v) is 8.51. The van der Waals surface area contributed by atoms with Crippen LogP contribution < -0.4 is 16.7 Å². The van der Waals surface area contributed by atoms with Gasteiger partial charge in [0.25, 0.3) is 0 Å². The van der Waals surface area contributed by atoms with Crippen LogP contribution in [0.5, 0.6) is 0 Å². The predicted molar refractivity (Wildman–Crippen MR) is 127 cm³/mol. The summed E-state index contributed by atoms with van der Waals surface area (Å²) in [7, 11) is 3.18. The average molecular weight is 533 g/mol. The third kappa shape index (κ3) is 4.70. The van der Waals surface area contributed by atoms with Crippen molar-refractivity contribution in [1.29, 1.82) is 0 Å². The van der Waals surface area contributed by atoms with E-state index in [0.29, 0.717) is 27.6 Å². The Morgan fingerprint density at radius 1 is 0.973 bits per heavy atom. The highest BCUT2D eigenvalue weighted by atomic mass is 35.5. The molecule has 0 aliphatic rings. The zero-order valence-electron chi connectivity index (χ0n) is 20.2. The maximum absolute atomic E-state index is 14.5. The number of hydrogen-bond acceptors (Lipinski definition) is 7. The zero-order valence-corrected chi connectivity index (χ0v) is 20.0. The first-order valence-corrected chi connectivity index (χ1v) is 11.0. The number of halogens is 4. The summed E-state index contributed by atoms with van der Waals surface area (Å²) in [5.74, 6) is -4.19. The van der Waals surface area contributed by atoms with Gasteiger partial charge in [0.2, 0.25) is 5.95 Å². The Balaban J connectivity index is 1.65. The number of fused-ring (bicyclic) bond motifs is 1. The van der Waals surface area contributed by atoms with E-state index < -0.39 is 41.9 Å². The van der Waals surface area contributed by atoms with Crippen molar-refractivity contribution >= 4 is 34.1 Å². The molecule has 0 unspecified atom stereocenters. The van der Waals surface area contributed by atoms with Gasteiger partial charge in [-0.1, -0.05) is 11.6 Å². The monoisotopic (exact) mass is 532 g/mol. The lowest BCUT2D eigenvalue weighted by atomic mass is 10.2. The Morgan fingerprint density at radius 2 is 1.73 bits per heavy atom. The van der Waals surface area contributed by atoms with Gasteiger partial charge in [-0.05, 0) is 18.2 Å². The fraction of sp³-hybridized carbons (Fsp3) is 0.182. The molecule has 0 fully saturated rings. The zero-order chi connectivity index (χ0) is 27.3. The van der Waals surface area contributed by atoms with Crippen molar-refractivity contribution in [3.63, 3.8) is 0 Å². The molecule has 0 aliphatic heterocycles. The van der Waals surface area contributed by atoms with E-state index in [-0.39, 0.29) is 34.3 Å². The van der Waals surface area contributed by atoms with Gasteiger partial charge in [-0.15, -0.1) is 0 Å². The molecule has 5 aromatic rings. The fourth-order valence-electron chi connectivity index (χ4n) is 3.70. The average Bonchev–Trinajstić information content (AvgIpc) is 3.36. The molecular weight excluding hydrogens is 515 g/mol. The SMILES string of the molecule is [2H]c1nc(Cn2c(=O)nc(Nc3cc4cn(C)nc4cc3Cl)n(Cc3cc(F)c(F)cc3F)c2=O)nn1C. The number of anilines is 2. The number of nitrogens with zero attached hydrogens (tertiary/aromatic N) is 8. The molecule has 0 aliphatic carbocycles. The van der Waals surface area contributed by atoms with Crippen LogP contribution in [-0.4, -0.2) is 38.7 Å². The molecular formula is C22H17ClF3N9O2. The molecule has 15 heteroatoms. The largest absolute Gasteiger partial charge is 0.355 e. The van der Waals surface area contributed by atoms with Gasteiger partial charge in [0.1, 0.15) is 13.5 Å². The maximum Gasteiger partial charge on any atom is 0.355 e. The summed E-state index contributed by atoms with van der Waals surface area (Å²) in [6, 6.07) is 4.13. The summed E-state index contributed by atoms with van der Waals surface area (Å²) in [5, 5.41) is 11.9. The molecule has 0 amide bonds. The summed E-state index contributed by atoms with van der Waals surface area (Å²) in [4.78, 5) is 34.1. The van der Waals surface area contributed by atoms with Gasteiger partial charge < -0.3 is 5.32 Å². The van der Waals surface area contributed by atoms with Gasteiger partial charge in [0.15, 0.2) is 17.5 Å². The molecule has 0 saturated heterocycles. The lowest BCUT2D eigenvalue weighted by Crippen LogP contribution is -2.43. The topological polar surface area (TPSA) is 117 Å². The van der Waals surface area contributed by atoms with Crippen molar-refractivity contribution in [3.8, 4) is 0 Å². The lowest BCUT2D eigenvalue weighted by Gasteiger charge is -2.16. The molecule has 0 radical (unpaired) electrons. The summed E-state index contributed by atoms with van der Waals surface area (Å²) in [5.41, 5.74) is -1.52. The first-order chi connectivity index (χ1) is 18.0. The summed E-state index contributed by atoms with van der Waals surface area (Å²) < 4.78 is 53.8. The van der Waals surface area contributed by atoms with Crippen LogP contribution >= 0.6 is 11.6 Å². The van der Waals surface area contributed by atoms with Crippen LogP contribution in [0.25, 0.3) is 10.9 Å². The van der Waals surface area contributed by atoms with Gasteiger partial charge in [-0.3, -0.25) is 13.9 Å². The number of rotatable bonds is 6. The first-order valence-electron chi connectivity index (χ1n) is 11.1. The number of nitrogens with one attached hydrogen (secondary N) is 1. The molecule has 3 heterocycles. The van der Waals surface area contributed by atoms with Crippen LogP contribution in [-0.2, 0) is 27.2 Å². The van der Waals surface area contributed by atoms with Gasteiger partial charge >= 0.3 is 11.4 Å². The maximum atomic E-state index is 14.5. The highest BCUT2D eigenvalue weighted by molar-refractivity contribution is 6.34. The highest BCUT2D eigenvalue weighted by Gasteiger charge is 2.19. The van der Waals surface area contributed by atoms with Gasteiger partial charge in [-0.2, -0.15) is 15.2 Å². The standard InChI is InChI=1S/C22H17ClF3N9O2/c1-32-7-12-4-18(13(23)5-17(12)30-32)28-20-29-21(36)35(9-19-27-10-33(2)31-19)22(37)34(20)8-11-3-15(25)16(26)6-14(11)24/h3-7,10H,8-9H2,1-2H3,(H,28,29,36)/i10D. The molecule has 1 N–H and O–H groups in total. The minimum absolute atomic E-state index is 0.0187. The molecule has 0 bridgehead atoms.